The molecule has 1 fully saturated rings. The van der Waals surface area contributed by atoms with Crippen LogP contribution in [0.5, 0.6) is 5.75 Å². The van der Waals surface area contributed by atoms with Crippen LogP contribution in [0.4, 0.5) is 0 Å². The quantitative estimate of drug-likeness (QED) is 0.892. The van der Waals surface area contributed by atoms with Gasteiger partial charge in [-0.3, -0.25) is 9.69 Å². The lowest BCUT2D eigenvalue weighted by molar-refractivity contribution is 0.0947. The highest BCUT2D eigenvalue weighted by Crippen LogP contribution is 2.18. The van der Waals surface area contributed by atoms with Gasteiger partial charge in [0.1, 0.15) is 5.75 Å². The van der Waals surface area contributed by atoms with Gasteiger partial charge >= 0.3 is 0 Å². The minimum absolute atomic E-state index is 0.0773. The van der Waals surface area contributed by atoms with Crippen molar-refractivity contribution >= 4 is 5.91 Å². The number of carbonyl (C=O) groups excluding carboxylic acids is 1. The van der Waals surface area contributed by atoms with Gasteiger partial charge < -0.3 is 10.4 Å². The van der Waals surface area contributed by atoms with Crippen molar-refractivity contribution in [3.8, 4) is 5.75 Å². The van der Waals surface area contributed by atoms with Gasteiger partial charge in [0.05, 0.1) is 0 Å². The summed E-state index contributed by atoms with van der Waals surface area (Å²) >= 11 is 0. The maximum atomic E-state index is 12.1. The van der Waals surface area contributed by atoms with Gasteiger partial charge in [-0.05, 0) is 48.7 Å². The Bertz CT molecular complexity index is 640. The van der Waals surface area contributed by atoms with Crippen LogP contribution >= 0.6 is 0 Å². The van der Waals surface area contributed by atoms with Gasteiger partial charge in [-0.2, -0.15) is 0 Å². The molecule has 1 heterocycles. The Balaban J connectivity index is 1.45. The zero-order valence-corrected chi connectivity index (χ0v) is 13.1. The fourth-order valence-electron chi connectivity index (χ4n) is 3.02. The number of aromatic hydroxyl groups is 1. The molecule has 2 aromatic carbocycles. The van der Waals surface area contributed by atoms with Crippen molar-refractivity contribution in [3.05, 3.63) is 65.7 Å². The number of amides is 1. The van der Waals surface area contributed by atoms with E-state index in [4.69, 9.17) is 0 Å². The minimum Gasteiger partial charge on any atom is -0.508 e. The van der Waals surface area contributed by atoms with Crippen LogP contribution in [0.25, 0.3) is 0 Å². The second-order valence-electron chi connectivity index (χ2n) is 6.13. The zero-order chi connectivity index (χ0) is 16.1. The van der Waals surface area contributed by atoms with E-state index in [1.807, 2.05) is 6.07 Å². The predicted molar refractivity (Wildman–Crippen MR) is 90.3 cm³/mol. The van der Waals surface area contributed by atoms with E-state index in [0.29, 0.717) is 18.0 Å². The van der Waals surface area contributed by atoms with Crippen molar-refractivity contribution in [1.29, 1.82) is 0 Å². The number of phenols is 1. The molecule has 4 heteroatoms. The molecule has 23 heavy (non-hydrogen) atoms. The van der Waals surface area contributed by atoms with E-state index in [0.717, 1.165) is 26.1 Å². The number of benzene rings is 2. The second-order valence-corrected chi connectivity index (χ2v) is 6.13. The molecule has 2 N–H and O–H groups in total. The molecule has 0 spiro atoms. The van der Waals surface area contributed by atoms with Crippen molar-refractivity contribution in [3.63, 3.8) is 0 Å². The summed E-state index contributed by atoms with van der Waals surface area (Å²) in [5, 5.41) is 12.3. The highest BCUT2D eigenvalue weighted by Gasteiger charge is 2.22. The van der Waals surface area contributed by atoms with Crippen LogP contribution in [0.3, 0.4) is 0 Å². The number of nitrogens with one attached hydrogen (secondary N) is 1. The first-order valence-electron chi connectivity index (χ1n) is 8.04. The van der Waals surface area contributed by atoms with E-state index < -0.39 is 0 Å². The Morgan fingerprint density at radius 3 is 2.61 bits per heavy atom. The van der Waals surface area contributed by atoms with Crippen LogP contribution in [0.1, 0.15) is 22.3 Å². The maximum absolute atomic E-state index is 12.1. The number of rotatable bonds is 5. The average molecular weight is 310 g/mol. The largest absolute Gasteiger partial charge is 0.508 e. The van der Waals surface area contributed by atoms with Crippen molar-refractivity contribution in [2.45, 2.75) is 13.0 Å². The first-order valence-corrected chi connectivity index (χ1v) is 8.04. The molecular weight excluding hydrogens is 288 g/mol. The lowest BCUT2D eigenvalue weighted by Crippen LogP contribution is -2.30. The number of likely N-dealkylation sites (tertiary alicyclic amines) is 1. The molecule has 120 valence electrons. The Kier molecular flexibility index (Phi) is 4.93. The molecule has 1 saturated heterocycles. The van der Waals surface area contributed by atoms with E-state index in [2.05, 4.69) is 34.5 Å². The topological polar surface area (TPSA) is 52.6 Å². The lowest BCUT2D eigenvalue weighted by Gasteiger charge is -2.16. The van der Waals surface area contributed by atoms with E-state index in [1.165, 1.54) is 17.7 Å². The first-order chi connectivity index (χ1) is 11.2. The smallest absolute Gasteiger partial charge is 0.251 e. The highest BCUT2D eigenvalue weighted by atomic mass is 16.3. The van der Waals surface area contributed by atoms with E-state index in [1.54, 1.807) is 12.1 Å². The molecule has 0 aromatic heterocycles. The molecule has 0 saturated carbocycles. The van der Waals surface area contributed by atoms with Crippen molar-refractivity contribution in [1.82, 2.24) is 10.2 Å². The van der Waals surface area contributed by atoms with Crippen LogP contribution in [0, 0.1) is 5.92 Å². The number of hydrogen-bond acceptors (Lipinski definition) is 3. The average Bonchev–Trinajstić information content (AvgIpc) is 3.02. The van der Waals surface area contributed by atoms with Crippen LogP contribution < -0.4 is 5.32 Å². The second kappa shape index (κ2) is 7.29. The third kappa shape index (κ3) is 4.33. The van der Waals surface area contributed by atoms with E-state index in [9.17, 15) is 9.90 Å². The first kappa shape index (κ1) is 15.6. The number of carbonyl (C=O) groups is 1. The Hall–Kier alpha value is -2.33. The monoisotopic (exact) mass is 310 g/mol. The zero-order valence-electron chi connectivity index (χ0n) is 13.1. The number of nitrogens with zero attached hydrogens (tertiary/aromatic N) is 1. The Morgan fingerprint density at radius 1 is 1.13 bits per heavy atom. The van der Waals surface area contributed by atoms with E-state index in [-0.39, 0.29) is 11.7 Å². The fraction of sp³-hybridized carbons (Fsp3) is 0.316. The normalized spacial score (nSPS) is 18.0. The molecular formula is C19H22N2O2. The molecule has 1 aliphatic heterocycles. The lowest BCUT2D eigenvalue weighted by atomic mass is 10.1. The molecule has 1 amide bonds. The number of phenolic OH excluding ortho intramolecular Hbond substituents is 1. The summed E-state index contributed by atoms with van der Waals surface area (Å²) < 4.78 is 0. The third-order valence-electron chi connectivity index (χ3n) is 4.30. The SMILES string of the molecule is O=C(NCC1CCN(Cc2ccccc2)C1)c1ccc(O)cc1. The van der Waals surface area contributed by atoms with Gasteiger partial charge in [-0.15, -0.1) is 0 Å². The standard InChI is InChI=1S/C19H22N2O2/c22-18-8-6-17(7-9-18)19(23)20-12-16-10-11-21(14-16)13-15-4-2-1-3-5-15/h1-9,16,22H,10-14H2,(H,20,23). The summed E-state index contributed by atoms with van der Waals surface area (Å²) in [5.74, 6) is 0.597. The number of hydrogen-bond donors (Lipinski definition) is 2. The highest BCUT2D eigenvalue weighted by molar-refractivity contribution is 5.94. The third-order valence-corrected chi connectivity index (χ3v) is 4.30. The van der Waals surface area contributed by atoms with Gasteiger partial charge in [0, 0.05) is 25.2 Å². The van der Waals surface area contributed by atoms with E-state index >= 15 is 0 Å². The predicted octanol–water partition coefficient (Wildman–Crippen LogP) is 2.64. The fourth-order valence-corrected chi connectivity index (χ4v) is 3.02. The Labute approximate surface area is 136 Å². The van der Waals surface area contributed by atoms with Gasteiger partial charge in [-0.1, -0.05) is 30.3 Å². The van der Waals surface area contributed by atoms with Crippen molar-refractivity contribution in [2.75, 3.05) is 19.6 Å². The molecule has 2 aromatic rings. The molecule has 1 atom stereocenters. The van der Waals surface area contributed by atoms with Gasteiger partial charge in [-0.25, -0.2) is 0 Å². The molecule has 0 bridgehead atoms. The van der Waals surface area contributed by atoms with Crippen LogP contribution in [-0.4, -0.2) is 35.5 Å². The molecule has 1 aliphatic rings. The molecule has 4 nitrogen and oxygen atoms in total. The molecule has 0 radical (unpaired) electrons. The van der Waals surface area contributed by atoms with Crippen molar-refractivity contribution < 1.29 is 9.90 Å². The summed E-state index contributed by atoms with van der Waals surface area (Å²) in [5.41, 5.74) is 1.92. The van der Waals surface area contributed by atoms with Crippen LogP contribution in [0.2, 0.25) is 0 Å². The molecule has 0 aliphatic carbocycles. The summed E-state index contributed by atoms with van der Waals surface area (Å²) in [6.45, 7) is 3.77. The maximum Gasteiger partial charge on any atom is 0.251 e. The van der Waals surface area contributed by atoms with Crippen LogP contribution in [-0.2, 0) is 6.54 Å². The summed E-state index contributed by atoms with van der Waals surface area (Å²) in [4.78, 5) is 14.5. The van der Waals surface area contributed by atoms with Crippen molar-refractivity contribution in [2.24, 2.45) is 5.92 Å². The molecule has 3 rings (SSSR count). The van der Waals surface area contributed by atoms with Gasteiger partial charge in [0.15, 0.2) is 0 Å². The van der Waals surface area contributed by atoms with Gasteiger partial charge in [0.25, 0.3) is 5.91 Å². The summed E-state index contributed by atoms with van der Waals surface area (Å²) in [6.07, 6.45) is 1.11. The Morgan fingerprint density at radius 2 is 1.87 bits per heavy atom. The minimum atomic E-state index is -0.0773. The summed E-state index contributed by atoms with van der Waals surface area (Å²) in [7, 11) is 0. The molecule has 1 unspecified atom stereocenters. The van der Waals surface area contributed by atoms with Crippen LogP contribution in [0.15, 0.2) is 54.6 Å². The van der Waals surface area contributed by atoms with Gasteiger partial charge in [0.2, 0.25) is 0 Å². The summed E-state index contributed by atoms with van der Waals surface area (Å²) in [6, 6.07) is 16.8.